The Hall–Kier alpha value is -2.31. The Bertz CT molecular complexity index is 662. The lowest BCUT2D eigenvalue weighted by Gasteiger charge is -2.16. The van der Waals surface area contributed by atoms with Crippen LogP contribution < -0.4 is 5.32 Å². The summed E-state index contributed by atoms with van der Waals surface area (Å²) in [5.41, 5.74) is 0.946. The molecule has 0 saturated carbocycles. The van der Waals surface area contributed by atoms with Crippen LogP contribution in [0.5, 0.6) is 0 Å². The van der Waals surface area contributed by atoms with Gasteiger partial charge in [-0.15, -0.1) is 0 Å². The molecule has 1 fully saturated rings. The molecule has 1 aliphatic rings. The predicted octanol–water partition coefficient (Wildman–Crippen LogP) is 2.40. The van der Waals surface area contributed by atoms with Crippen LogP contribution in [0.4, 0.5) is 5.13 Å². The highest BCUT2D eigenvalue weighted by atomic mass is 32.1. The molecule has 6 heteroatoms. The van der Waals surface area contributed by atoms with Crippen molar-refractivity contribution >= 4 is 26.7 Å². The molecule has 0 aliphatic carbocycles. The first-order valence-electron chi connectivity index (χ1n) is 6.46. The summed E-state index contributed by atoms with van der Waals surface area (Å²) in [4.78, 5) is 6.19. The minimum Gasteiger partial charge on any atom is -0.345 e. The molecule has 1 aliphatic heterocycles. The van der Waals surface area contributed by atoms with Crippen LogP contribution in [0.2, 0.25) is 0 Å². The number of aromatic nitrogens is 1. The number of nitriles is 2. The predicted molar refractivity (Wildman–Crippen MR) is 77.9 cm³/mol. The summed E-state index contributed by atoms with van der Waals surface area (Å²) in [6, 6.07) is 9.92. The number of anilines is 1. The van der Waals surface area contributed by atoms with Crippen molar-refractivity contribution in [2.75, 3.05) is 18.4 Å². The van der Waals surface area contributed by atoms with E-state index >= 15 is 0 Å². The number of thiazole rings is 1. The SMILES string of the molecule is N#CC(Nc1nc2ccccc2s1)C1CCN(C#N)C1. The van der Waals surface area contributed by atoms with E-state index in [1.54, 1.807) is 16.2 Å². The van der Waals surface area contributed by atoms with Gasteiger partial charge in [-0.3, -0.25) is 0 Å². The fourth-order valence-electron chi connectivity index (χ4n) is 2.47. The molecule has 1 aromatic heterocycles. The number of para-hydroxylation sites is 1. The van der Waals surface area contributed by atoms with Gasteiger partial charge in [0.15, 0.2) is 11.3 Å². The van der Waals surface area contributed by atoms with Crippen LogP contribution in [-0.4, -0.2) is 29.0 Å². The molecule has 0 bridgehead atoms. The molecule has 2 aromatic rings. The van der Waals surface area contributed by atoms with Crippen LogP contribution in [0, 0.1) is 28.7 Å². The maximum Gasteiger partial charge on any atom is 0.184 e. The Labute approximate surface area is 121 Å². The lowest BCUT2D eigenvalue weighted by Crippen LogP contribution is -2.29. The molecule has 0 radical (unpaired) electrons. The molecule has 1 aromatic carbocycles. The summed E-state index contributed by atoms with van der Waals surface area (Å²) in [6.07, 6.45) is 3.01. The standard InChI is InChI=1S/C14H13N5S/c15-7-12(10-5-6-19(8-10)9-16)18-14-17-11-3-1-2-4-13(11)20-14/h1-4,10,12H,5-6,8H2,(H,17,18). The van der Waals surface area contributed by atoms with Gasteiger partial charge in [0.2, 0.25) is 0 Å². The van der Waals surface area contributed by atoms with Gasteiger partial charge in [-0.25, -0.2) is 4.98 Å². The van der Waals surface area contributed by atoms with E-state index in [9.17, 15) is 5.26 Å². The molecule has 1 N–H and O–H groups in total. The second-order valence-electron chi connectivity index (χ2n) is 4.83. The Balaban J connectivity index is 1.75. The van der Waals surface area contributed by atoms with Crippen LogP contribution in [0.15, 0.2) is 24.3 Å². The molecule has 20 heavy (non-hydrogen) atoms. The topological polar surface area (TPSA) is 75.7 Å². The monoisotopic (exact) mass is 283 g/mol. The highest BCUT2D eigenvalue weighted by Gasteiger charge is 2.29. The van der Waals surface area contributed by atoms with Crippen molar-refractivity contribution in [3.63, 3.8) is 0 Å². The molecule has 2 unspecified atom stereocenters. The van der Waals surface area contributed by atoms with Gasteiger partial charge < -0.3 is 10.2 Å². The largest absolute Gasteiger partial charge is 0.345 e. The van der Waals surface area contributed by atoms with E-state index < -0.39 is 0 Å². The number of fused-ring (bicyclic) bond motifs is 1. The Morgan fingerprint density at radius 1 is 1.40 bits per heavy atom. The Morgan fingerprint density at radius 3 is 2.95 bits per heavy atom. The molecule has 2 heterocycles. The first-order valence-corrected chi connectivity index (χ1v) is 7.28. The van der Waals surface area contributed by atoms with Gasteiger partial charge in [-0.2, -0.15) is 10.5 Å². The summed E-state index contributed by atoms with van der Waals surface area (Å²) >= 11 is 1.55. The highest BCUT2D eigenvalue weighted by molar-refractivity contribution is 7.22. The third-order valence-electron chi connectivity index (χ3n) is 3.55. The number of hydrogen-bond acceptors (Lipinski definition) is 6. The zero-order valence-corrected chi connectivity index (χ0v) is 11.6. The van der Waals surface area contributed by atoms with Crippen molar-refractivity contribution in [3.05, 3.63) is 24.3 Å². The zero-order valence-electron chi connectivity index (χ0n) is 10.8. The molecule has 5 nitrogen and oxygen atoms in total. The average Bonchev–Trinajstić information content (AvgIpc) is 3.10. The zero-order chi connectivity index (χ0) is 13.9. The summed E-state index contributed by atoms with van der Waals surface area (Å²) in [5, 5.41) is 22.2. The van der Waals surface area contributed by atoms with Crippen molar-refractivity contribution in [2.24, 2.45) is 5.92 Å². The molecule has 3 rings (SSSR count). The van der Waals surface area contributed by atoms with Gasteiger partial charge in [0.1, 0.15) is 6.04 Å². The number of nitrogens with zero attached hydrogens (tertiary/aromatic N) is 4. The molecule has 2 atom stereocenters. The maximum absolute atomic E-state index is 9.34. The number of benzene rings is 1. The van der Waals surface area contributed by atoms with Gasteiger partial charge in [-0.1, -0.05) is 23.5 Å². The number of hydrogen-bond donors (Lipinski definition) is 1. The van der Waals surface area contributed by atoms with Crippen LogP contribution in [-0.2, 0) is 0 Å². The van der Waals surface area contributed by atoms with Crippen LogP contribution in [0.25, 0.3) is 10.2 Å². The van der Waals surface area contributed by atoms with Gasteiger partial charge in [0.05, 0.1) is 16.3 Å². The number of likely N-dealkylation sites (tertiary alicyclic amines) is 1. The van der Waals surface area contributed by atoms with E-state index in [0.29, 0.717) is 6.54 Å². The summed E-state index contributed by atoms with van der Waals surface area (Å²) in [6.45, 7) is 1.38. The van der Waals surface area contributed by atoms with E-state index in [-0.39, 0.29) is 12.0 Å². The molecular formula is C14H13N5S. The fourth-order valence-corrected chi connectivity index (χ4v) is 3.38. The average molecular weight is 283 g/mol. The van der Waals surface area contributed by atoms with Gasteiger partial charge in [0, 0.05) is 19.0 Å². The fraction of sp³-hybridized carbons (Fsp3) is 0.357. The van der Waals surface area contributed by atoms with E-state index in [2.05, 4.69) is 22.6 Å². The summed E-state index contributed by atoms with van der Waals surface area (Å²) < 4.78 is 1.11. The normalized spacial score (nSPS) is 19.5. The maximum atomic E-state index is 9.34. The van der Waals surface area contributed by atoms with Gasteiger partial charge >= 0.3 is 0 Å². The van der Waals surface area contributed by atoms with E-state index in [1.165, 1.54) is 0 Å². The van der Waals surface area contributed by atoms with Crippen molar-refractivity contribution in [2.45, 2.75) is 12.5 Å². The molecule has 1 saturated heterocycles. The second-order valence-corrected chi connectivity index (χ2v) is 5.86. The van der Waals surface area contributed by atoms with Gasteiger partial charge in [-0.05, 0) is 18.6 Å². The van der Waals surface area contributed by atoms with Crippen molar-refractivity contribution in [1.29, 1.82) is 10.5 Å². The number of nitrogens with one attached hydrogen (secondary N) is 1. The first kappa shape index (κ1) is 12.7. The molecule has 100 valence electrons. The number of rotatable bonds is 3. The molecule has 0 spiro atoms. The quantitative estimate of drug-likeness (QED) is 0.875. The third-order valence-corrected chi connectivity index (χ3v) is 4.52. The van der Waals surface area contributed by atoms with Gasteiger partial charge in [0.25, 0.3) is 0 Å². The lowest BCUT2D eigenvalue weighted by atomic mass is 10.0. The smallest absolute Gasteiger partial charge is 0.184 e. The minimum atomic E-state index is -0.297. The third kappa shape index (κ3) is 2.38. The van der Waals surface area contributed by atoms with Crippen molar-refractivity contribution < 1.29 is 0 Å². The first-order chi connectivity index (χ1) is 9.80. The van der Waals surface area contributed by atoms with E-state index in [1.807, 2.05) is 24.3 Å². The highest BCUT2D eigenvalue weighted by Crippen LogP contribution is 2.28. The molecular weight excluding hydrogens is 270 g/mol. The van der Waals surface area contributed by atoms with Crippen LogP contribution in [0.1, 0.15) is 6.42 Å². The van der Waals surface area contributed by atoms with Crippen LogP contribution in [0.3, 0.4) is 0 Å². The van der Waals surface area contributed by atoms with Crippen LogP contribution >= 0.6 is 11.3 Å². The lowest BCUT2D eigenvalue weighted by molar-refractivity contribution is 0.446. The summed E-state index contributed by atoms with van der Waals surface area (Å²) in [7, 11) is 0. The van der Waals surface area contributed by atoms with Crippen molar-refractivity contribution in [3.8, 4) is 12.3 Å². The second kappa shape index (κ2) is 5.36. The minimum absolute atomic E-state index is 0.173. The van der Waals surface area contributed by atoms with E-state index in [0.717, 1.165) is 28.3 Å². The Morgan fingerprint density at radius 2 is 2.25 bits per heavy atom. The molecule has 0 amide bonds. The van der Waals surface area contributed by atoms with E-state index in [4.69, 9.17) is 5.26 Å². The summed E-state index contributed by atoms with van der Waals surface area (Å²) in [5.74, 6) is 0.173. The Kier molecular flexibility index (Phi) is 3.41. The van der Waals surface area contributed by atoms with Crippen molar-refractivity contribution in [1.82, 2.24) is 9.88 Å².